The zero-order chi connectivity index (χ0) is 12.9. The molecule has 1 aromatic rings. The smallest absolute Gasteiger partial charge is 0.144 e. The molecule has 2 heterocycles. The van der Waals surface area contributed by atoms with Crippen molar-refractivity contribution in [2.24, 2.45) is 22.7 Å². The summed E-state index contributed by atoms with van der Waals surface area (Å²) in [5.41, 5.74) is 6.90. The second-order valence-corrected chi connectivity index (χ2v) is 5.58. The van der Waals surface area contributed by atoms with Crippen molar-refractivity contribution in [3.8, 4) is 0 Å². The average Bonchev–Trinajstić information content (AvgIpc) is 2.79. The van der Waals surface area contributed by atoms with E-state index < -0.39 is 0 Å². The number of nitrogens with two attached hydrogens (primary N) is 1. The van der Waals surface area contributed by atoms with Gasteiger partial charge in [-0.2, -0.15) is 0 Å². The second kappa shape index (κ2) is 4.05. The number of nitrogens with zero attached hydrogens (tertiary/aromatic N) is 2. The van der Waals surface area contributed by atoms with Crippen LogP contribution < -0.4 is 10.6 Å². The maximum atomic E-state index is 8.84. The van der Waals surface area contributed by atoms with Crippen LogP contribution in [-0.4, -0.2) is 23.1 Å². The van der Waals surface area contributed by atoms with E-state index in [4.69, 9.17) is 22.5 Å². The van der Waals surface area contributed by atoms with Crippen LogP contribution in [0, 0.1) is 11.8 Å². The minimum atomic E-state index is 0.170. The number of hydrogen-bond donors (Lipinski definition) is 2. The van der Waals surface area contributed by atoms with Crippen molar-refractivity contribution in [2.75, 3.05) is 4.90 Å². The third kappa shape index (κ3) is 1.48. The molecule has 3 N–H and O–H groups in total. The third-order valence-electron chi connectivity index (χ3n) is 4.37. The second-order valence-electron chi connectivity index (χ2n) is 5.15. The summed E-state index contributed by atoms with van der Waals surface area (Å²) < 4.78 is 0. The molecule has 0 aromatic heterocycles. The summed E-state index contributed by atoms with van der Waals surface area (Å²) in [5, 5.41) is 12.8. The number of hydrogen-bond acceptors (Lipinski definition) is 3. The molecule has 4 rings (SSSR count). The maximum Gasteiger partial charge on any atom is 0.144 e. The van der Waals surface area contributed by atoms with Crippen LogP contribution in [0.3, 0.4) is 0 Å². The molecule has 96 valence electrons. The quantitative estimate of drug-likeness (QED) is 0.373. The van der Waals surface area contributed by atoms with Gasteiger partial charge in [0.15, 0.2) is 0 Å². The van der Waals surface area contributed by atoms with Crippen LogP contribution in [0.1, 0.15) is 13.3 Å². The molecule has 1 aliphatic carbocycles. The van der Waals surface area contributed by atoms with Crippen molar-refractivity contribution < 1.29 is 5.21 Å². The van der Waals surface area contributed by atoms with E-state index in [0.717, 1.165) is 17.1 Å². The Labute approximate surface area is 111 Å². The molecule has 3 fully saturated rings. The fourth-order valence-electron chi connectivity index (χ4n) is 3.50. The minimum Gasteiger partial charge on any atom is -0.409 e. The minimum absolute atomic E-state index is 0.170. The largest absolute Gasteiger partial charge is 0.409 e. The van der Waals surface area contributed by atoms with E-state index >= 15 is 0 Å². The van der Waals surface area contributed by atoms with Crippen LogP contribution in [0.5, 0.6) is 0 Å². The fourth-order valence-corrected chi connectivity index (χ4v) is 3.68. The number of halogens is 1. The molecular formula is C13H16ClN3O. The summed E-state index contributed by atoms with van der Waals surface area (Å²) in [6.07, 6.45) is 1.11. The summed E-state index contributed by atoms with van der Waals surface area (Å²) in [4.78, 5) is 2.35. The normalized spacial score (nSPS) is 34.6. The molecule has 2 saturated heterocycles. The van der Waals surface area contributed by atoms with Crippen molar-refractivity contribution >= 4 is 23.1 Å². The van der Waals surface area contributed by atoms with Gasteiger partial charge in [0.1, 0.15) is 5.84 Å². The molecule has 3 aliphatic rings. The molecule has 2 aliphatic heterocycles. The van der Waals surface area contributed by atoms with Crippen LogP contribution in [-0.2, 0) is 0 Å². The molecule has 4 nitrogen and oxygen atoms in total. The number of rotatable bonds is 2. The summed E-state index contributed by atoms with van der Waals surface area (Å²) in [6, 6.07) is 8.60. The van der Waals surface area contributed by atoms with E-state index in [9.17, 15) is 0 Å². The zero-order valence-electron chi connectivity index (χ0n) is 10.1. The summed E-state index contributed by atoms with van der Waals surface area (Å²) >= 11 is 6.04. The van der Waals surface area contributed by atoms with Crippen LogP contribution >= 0.6 is 11.6 Å². The third-order valence-corrected chi connectivity index (χ3v) is 4.60. The highest BCUT2D eigenvalue weighted by Crippen LogP contribution is 2.52. The fraction of sp³-hybridized carbons (Fsp3) is 0.462. The molecule has 1 aromatic carbocycles. The van der Waals surface area contributed by atoms with E-state index in [2.05, 4.69) is 23.0 Å². The number of fused-ring (bicyclic) bond motifs is 1. The molecule has 2 unspecified atom stereocenters. The number of anilines is 1. The Morgan fingerprint density at radius 3 is 3.00 bits per heavy atom. The first-order valence-electron chi connectivity index (χ1n) is 6.15. The summed E-state index contributed by atoms with van der Waals surface area (Å²) in [6.45, 7) is 2.19. The number of benzene rings is 1. The van der Waals surface area contributed by atoms with Gasteiger partial charge in [0.25, 0.3) is 0 Å². The van der Waals surface area contributed by atoms with E-state index in [1.807, 2.05) is 18.2 Å². The van der Waals surface area contributed by atoms with Gasteiger partial charge < -0.3 is 15.8 Å². The van der Waals surface area contributed by atoms with Crippen molar-refractivity contribution in [1.29, 1.82) is 0 Å². The first-order chi connectivity index (χ1) is 8.63. The first kappa shape index (κ1) is 11.7. The van der Waals surface area contributed by atoms with Gasteiger partial charge in [-0.05, 0) is 37.5 Å². The Hall–Kier alpha value is -1.42. The molecule has 0 amide bonds. The van der Waals surface area contributed by atoms with Gasteiger partial charge in [-0.15, -0.1) is 0 Å². The van der Waals surface area contributed by atoms with Crippen LogP contribution in [0.2, 0.25) is 5.02 Å². The Bertz CT molecular complexity index is 505. The Morgan fingerprint density at radius 2 is 2.33 bits per heavy atom. The van der Waals surface area contributed by atoms with Crippen molar-refractivity contribution in [1.82, 2.24) is 0 Å². The molecule has 0 spiro atoms. The van der Waals surface area contributed by atoms with Gasteiger partial charge in [0.2, 0.25) is 0 Å². The number of amidine groups is 1. The van der Waals surface area contributed by atoms with E-state index in [0.29, 0.717) is 23.8 Å². The lowest BCUT2D eigenvalue weighted by atomic mass is 9.71. The topological polar surface area (TPSA) is 61.9 Å². The predicted molar refractivity (Wildman–Crippen MR) is 72.2 cm³/mol. The summed E-state index contributed by atoms with van der Waals surface area (Å²) in [5.74, 6) is 1.00. The van der Waals surface area contributed by atoms with Crippen molar-refractivity contribution in [3.05, 3.63) is 29.3 Å². The highest BCUT2D eigenvalue weighted by atomic mass is 35.5. The van der Waals surface area contributed by atoms with Gasteiger partial charge in [0, 0.05) is 28.7 Å². The Morgan fingerprint density at radius 1 is 1.56 bits per heavy atom. The van der Waals surface area contributed by atoms with Crippen LogP contribution in [0.15, 0.2) is 29.4 Å². The number of oxime groups is 1. The van der Waals surface area contributed by atoms with Gasteiger partial charge in [0.05, 0.1) is 0 Å². The Balaban J connectivity index is 1.92. The molecule has 4 atom stereocenters. The van der Waals surface area contributed by atoms with E-state index in [1.54, 1.807) is 0 Å². The maximum absolute atomic E-state index is 8.84. The Kier molecular flexibility index (Phi) is 2.63. The van der Waals surface area contributed by atoms with Gasteiger partial charge >= 0.3 is 0 Å². The summed E-state index contributed by atoms with van der Waals surface area (Å²) in [7, 11) is 0. The van der Waals surface area contributed by atoms with E-state index in [1.165, 1.54) is 0 Å². The van der Waals surface area contributed by atoms with E-state index in [-0.39, 0.29) is 5.92 Å². The predicted octanol–water partition coefficient (Wildman–Crippen LogP) is 2.30. The monoisotopic (exact) mass is 265 g/mol. The van der Waals surface area contributed by atoms with Gasteiger partial charge in [-0.1, -0.05) is 22.8 Å². The lowest BCUT2D eigenvalue weighted by molar-refractivity contribution is 0.261. The zero-order valence-corrected chi connectivity index (χ0v) is 10.9. The molecule has 1 saturated carbocycles. The van der Waals surface area contributed by atoms with Gasteiger partial charge in [-0.3, -0.25) is 0 Å². The lowest BCUT2D eigenvalue weighted by Crippen LogP contribution is -2.46. The molecular weight excluding hydrogens is 250 g/mol. The first-order valence-corrected chi connectivity index (χ1v) is 6.52. The highest BCUT2D eigenvalue weighted by Gasteiger charge is 2.58. The lowest BCUT2D eigenvalue weighted by Gasteiger charge is -2.35. The highest BCUT2D eigenvalue weighted by molar-refractivity contribution is 6.30. The molecule has 2 bridgehead atoms. The average molecular weight is 266 g/mol. The standard InChI is InChI=1S/C13H16ClN3O/c1-7-10-6-11(12(10)13(15)16-18)17(7)9-4-2-3-8(14)5-9/h2-5,7,10-12,18H,6H2,1H3,(H2,15,16)/t7?,10-,11?,12-/m0/s1. The van der Waals surface area contributed by atoms with Crippen molar-refractivity contribution in [3.63, 3.8) is 0 Å². The van der Waals surface area contributed by atoms with Crippen LogP contribution in [0.25, 0.3) is 0 Å². The molecule has 0 radical (unpaired) electrons. The molecule has 5 heteroatoms. The molecule has 18 heavy (non-hydrogen) atoms. The SMILES string of the molecule is CC1[C@@H]2CC([C@H]2/C(N)=N/O)N1c1cccc(Cl)c1. The van der Waals surface area contributed by atoms with Gasteiger partial charge in [-0.25, -0.2) is 0 Å². The van der Waals surface area contributed by atoms with Crippen LogP contribution in [0.4, 0.5) is 5.69 Å². The van der Waals surface area contributed by atoms with Crippen molar-refractivity contribution in [2.45, 2.75) is 25.4 Å².